The van der Waals surface area contributed by atoms with Gasteiger partial charge in [-0.1, -0.05) is 52.3 Å². The Morgan fingerprint density at radius 1 is 0.944 bits per heavy atom. The summed E-state index contributed by atoms with van der Waals surface area (Å²) in [6, 6.07) is 19.5. The molecule has 92 valence electrons. The fraction of sp³-hybridized carbons (Fsp3) is 0.0667. The number of alkyl halides is 1. The summed E-state index contributed by atoms with van der Waals surface area (Å²) in [6.45, 7) is 0. The Balaban J connectivity index is 0.000000149. The highest BCUT2D eigenvalue weighted by Crippen LogP contribution is 2.19. The first kappa shape index (κ1) is 12.7. The quantitative estimate of drug-likeness (QED) is 0.527. The summed E-state index contributed by atoms with van der Waals surface area (Å²) >= 11 is 3.34. The lowest BCUT2D eigenvalue weighted by Crippen LogP contribution is -1.79. The number of benzene rings is 2. The SMILES string of the molecule is BrCc1cc2ccccc2o1.Nc1ccccc1. The standard InChI is InChI=1S/C9H7BrO.C6H7N/c10-6-8-5-7-3-1-2-4-9(7)11-8;7-6-4-2-1-3-5-6/h1-5H,6H2;1-5H,7H2. The molecule has 3 rings (SSSR count). The Labute approximate surface area is 115 Å². The summed E-state index contributed by atoms with van der Waals surface area (Å²) in [4.78, 5) is 0. The van der Waals surface area contributed by atoms with Crippen molar-refractivity contribution in [3.05, 3.63) is 66.4 Å². The number of furan rings is 1. The molecule has 0 unspecified atom stereocenters. The first-order valence-corrected chi connectivity index (χ1v) is 6.75. The molecule has 1 heterocycles. The summed E-state index contributed by atoms with van der Waals surface area (Å²) in [5, 5.41) is 1.95. The van der Waals surface area contributed by atoms with Gasteiger partial charge in [0.1, 0.15) is 11.3 Å². The molecule has 1 aromatic heterocycles. The summed E-state index contributed by atoms with van der Waals surface area (Å²) < 4.78 is 5.47. The van der Waals surface area contributed by atoms with Crippen molar-refractivity contribution in [1.29, 1.82) is 0 Å². The molecular weight excluding hydrogens is 290 g/mol. The van der Waals surface area contributed by atoms with Crippen molar-refractivity contribution in [2.75, 3.05) is 5.73 Å². The molecule has 0 aliphatic carbocycles. The molecule has 0 bridgehead atoms. The van der Waals surface area contributed by atoms with Crippen LogP contribution >= 0.6 is 15.9 Å². The third kappa shape index (κ3) is 3.37. The smallest absolute Gasteiger partial charge is 0.134 e. The third-order valence-corrected chi connectivity index (χ3v) is 2.96. The molecule has 0 aliphatic heterocycles. The highest BCUT2D eigenvalue weighted by Gasteiger charge is 1.99. The molecule has 0 aliphatic rings. The van der Waals surface area contributed by atoms with Crippen molar-refractivity contribution in [2.24, 2.45) is 0 Å². The maximum Gasteiger partial charge on any atom is 0.134 e. The number of hydrogen-bond donors (Lipinski definition) is 1. The van der Waals surface area contributed by atoms with Gasteiger partial charge in [-0.25, -0.2) is 0 Å². The van der Waals surface area contributed by atoms with E-state index in [0.717, 1.165) is 22.4 Å². The third-order valence-electron chi connectivity index (χ3n) is 2.41. The Hall–Kier alpha value is -1.74. The number of nitrogen functional groups attached to an aromatic ring is 1. The van der Waals surface area contributed by atoms with Crippen LogP contribution < -0.4 is 5.73 Å². The molecule has 2 N–H and O–H groups in total. The molecule has 0 saturated heterocycles. The number of hydrogen-bond acceptors (Lipinski definition) is 2. The van der Waals surface area contributed by atoms with Crippen molar-refractivity contribution in [1.82, 2.24) is 0 Å². The fourth-order valence-corrected chi connectivity index (χ4v) is 1.83. The molecule has 2 nitrogen and oxygen atoms in total. The Morgan fingerprint density at radius 3 is 2.17 bits per heavy atom. The molecule has 0 spiro atoms. The molecular formula is C15H14BrNO. The van der Waals surface area contributed by atoms with E-state index in [-0.39, 0.29) is 0 Å². The average molecular weight is 304 g/mol. The predicted octanol–water partition coefficient (Wildman–Crippen LogP) is 4.60. The van der Waals surface area contributed by atoms with E-state index in [1.54, 1.807) is 0 Å². The Bertz CT molecular complexity index is 571. The maximum atomic E-state index is 5.47. The van der Waals surface area contributed by atoms with E-state index in [0.29, 0.717) is 0 Å². The van der Waals surface area contributed by atoms with Gasteiger partial charge in [0, 0.05) is 11.1 Å². The minimum atomic E-state index is 0.779. The second-order valence-corrected chi connectivity index (χ2v) is 4.36. The van der Waals surface area contributed by atoms with Crippen LogP contribution in [-0.4, -0.2) is 0 Å². The van der Waals surface area contributed by atoms with Gasteiger partial charge in [0.2, 0.25) is 0 Å². The van der Waals surface area contributed by atoms with Crippen molar-refractivity contribution in [3.63, 3.8) is 0 Å². The fourth-order valence-electron chi connectivity index (χ4n) is 1.56. The Morgan fingerprint density at radius 2 is 1.61 bits per heavy atom. The van der Waals surface area contributed by atoms with Gasteiger partial charge in [-0.05, 0) is 24.3 Å². The lowest BCUT2D eigenvalue weighted by molar-refractivity contribution is 0.575. The van der Waals surface area contributed by atoms with Gasteiger partial charge in [0.25, 0.3) is 0 Å². The highest BCUT2D eigenvalue weighted by molar-refractivity contribution is 9.08. The Kier molecular flexibility index (Phi) is 4.42. The van der Waals surface area contributed by atoms with Crippen LogP contribution in [0.25, 0.3) is 11.0 Å². The molecule has 18 heavy (non-hydrogen) atoms. The van der Waals surface area contributed by atoms with Crippen molar-refractivity contribution in [2.45, 2.75) is 5.33 Å². The minimum absolute atomic E-state index is 0.779. The van der Waals surface area contributed by atoms with Gasteiger partial charge in [0.15, 0.2) is 0 Å². The monoisotopic (exact) mass is 303 g/mol. The molecule has 0 amide bonds. The van der Waals surface area contributed by atoms with Crippen LogP contribution in [0.2, 0.25) is 0 Å². The number of anilines is 1. The van der Waals surface area contributed by atoms with Gasteiger partial charge in [0.05, 0.1) is 5.33 Å². The summed E-state index contributed by atoms with van der Waals surface area (Å²) in [5.74, 6) is 0.978. The molecule has 3 heteroatoms. The zero-order valence-corrected chi connectivity index (χ0v) is 11.4. The van der Waals surface area contributed by atoms with E-state index in [1.807, 2.05) is 60.7 Å². The normalized spacial score (nSPS) is 9.83. The first-order valence-electron chi connectivity index (χ1n) is 5.63. The average Bonchev–Trinajstić information content (AvgIpc) is 2.83. The van der Waals surface area contributed by atoms with Crippen LogP contribution in [0.15, 0.2) is 65.1 Å². The van der Waals surface area contributed by atoms with E-state index in [9.17, 15) is 0 Å². The zero-order chi connectivity index (χ0) is 12.8. The predicted molar refractivity (Wildman–Crippen MR) is 79.7 cm³/mol. The number of rotatable bonds is 1. The maximum absolute atomic E-state index is 5.47. The summed E-state index contributed by atoms with van der Waals surface area (Å²) in [7, 11) is 0. The number of para-hydroxylation sites is 2. The van der Waals surface area contributed by atoms with Crippen molar-refractivity contribution < 1.29 is 4.42 Å². The minimum Gasteiger partial charge on any atom is -0.460 e. The zero-order valence-electron chi connectivity index (χ0n) is 9.84. The van der Waals surface area contributed by atoms with Crippen LogP contribution in [0, 0.1) is 0 Å². The second-order valence-electron chi connectivity index (χ2n) is 3.79. The molecule has 0 fully saturated rings. The molecule has 0 saturated carbocycles. The molecule has 3 aromatic rings. The molecule has 2 aromatic carbocycles. The van der Waals surface area contributed by atoms with Crippen molar-refractivity contribution in [3.8, 4) is 0 Å². The highest BCUT2D eigenvalue weighted by atomic mass is 79.9. The topological polar surface area (TPSA) is 39.2 Å². The van der Waals surface area contributed by atoms with Crippen LogP contribution in [0.4, 0.5) is 5.69 Å². The largest absolute Gasteiger partial charge is 0.460 e. The lowest BCUT2D eigenvalue weighted by Gasteiger charge is -1.83. The first-order chi connectivity index (χ1) is 8.79. The molecule has 0 atom stereocenters. The van der Waals surface area contributed by atoms with E-state index in [4.69, 9.17) is 10.2 Å². The van der Waals surface area contributed by atoms with E-state index < -0.39 is 0 Å². The van der Waals surface area contributed by atoms with Gasteiger partial charge in [-0.2, -0.15) is 0 Å². The van der Waals surface area contributed by atoms with E-state index in [2.05, 4.69) is 15.9 Å². The van der Waals surface area contributed by atoms with Crippen LogP contribution in [0.1, 0.15) is 5.76 Å². The van der Waals surface area contributed by atoms with Crippen molar-refractivity contribution >= 4 is 32.6 Å². The number of nitrogens with two attached hydrogens (primary N) is 1. The van der Waals surface area contributed by atoms with E-state index >= 15 is 0 Å². The lowest BCUT2D eigenvalue weighted by atomic mass is 10.2. The van der Waals surface area contributed by atoms with E-state index in [1.165, 1.54) is 5.39 Å². The second kappa shape index (κ2) is 6.26. The molecule has 0 radical (unpaired) electrons. The number of fused-ring (bicyclic) bond motifs is 1. The van der Waals surface area contributed by atoms with Crippen LogP contribution in [-0.2, 0) is 5.33 Å². The van der Waals surface area contributed by atoms with Gasteiger partial charge in [-0.15, -0.1) is 0 Å². The van der Waals surface area contributed by atoms with Gasteiger partial charge in [-0.3, -0.25) is 0 Å². The van der Waals surface area contributed by atoms with Gasteiger partial charge >= 0.3 is 0 Å². The summed E-state index contributed by atoms with van der Waals surface area (Å²) in [5.41, 5.74) is 7.14. The van der Waals surface area contributed by atoms with Gasteiger partial charge < -0.3 is 10.2 Å². The van der Waals surface area contributed by atoms with Crippen LogP contribution in [0.3, 0.4) is 0 Å². The van der Waals surface area contributed by atoms with Crippen LogP contribution in [0.5, 0.6) is 0 Å². The summed E-state index contributed by atoms with van der Waals surface area (Å²) in [6.07, 6.45) is 0. The number of halogens is 1.